The van der Waals surface area contributed by atoms with Gasteiger partial charge in [0.25, 0.3) is 5.56 Å². The van der Waals surface area contributed by atoms with Crippen molar-refractivity contribution in [1.82, 2.24) is 14.1 Å². The van der Waals surface area contributed by atoms with Crippen molar-refractivity contribution in [2.24, 2.45) is 5.92 Å². The third kappa shape index (κ3) is 4.62. The van der Waals surface area contributed by atoms with Crippen molar-refractivity contribution < 1.29 is 8.42 Å². The lowest BCUT2D eigenvalue weighted by Gasteiger charge is -2.31. The van der Waals surface area contributed by atoms with E-state index in [1.807, 2.05) is 50.2 Å². The van der Waals surface area contributed by atoms with Crippen LogP contribution in [0.4, 0.5) is 0 Å². The Morgan fingerprint density at radius 2 is 1.65 bits per heavy atom. The van der Waals surface area contributed by atoms with Crippen molar-refractivity contribution >= 4 is 10.0 Å². The van der Waals surface area contributed by atoms with Gasteiger partial charge in [-0.2, -0.15) is 9.40 Å². The molecular formula is C24H27N3O3S. The summed E-state index contributed by atoms with van der Waals surface area (Å²) in [5.74, 6) is 0.211. The number of nitrogens with zero attached hydrogens (tertiary/aromatic N) is 3. The molecule has 0 bridgehead atoms. The molecule has 0 N–H and O–H groups in total. The van der Waals surface area contributed by atoms with Crippen LogP contribution in [-0.4, -0.2) is 35.6 Å². The molecule has 0 amide bonds. The highest BCUT2D eigenvalue weighted by atomic mass is 32.2. The van der Waals surface area contributed by atoms with Crippen LogP contribution in [0.2, 0.25) is 0 Å². The highest BCUT2D eigenvalue weighted by Gasteiger charge is 2.30. The minimum Gasteiger partial charge on any atom is -0.268 e. The molecule has 7 heteroatoms. The first-order valence-electron chi connectivity index (χ1n) is 10.6. The van der Waals surface area contributed by atoms with E-state index in [0.717, 1.165) is 22.4 Å². The first kappa shape index (κ1) is 21.5. The van der Waals surface area contributed by atoms with E-state index in [1.54, 1.807) is 28.6 Å². The molecule has 4 rings (SSSR count). The number of aromatic nitrogens is 2. The van der Waals surface area contributed by atoms with Crippen LogP contribution in [0.1, 0.15) is 24.0 Å². The average molecular weight is 438 g/mol. The summed E-state index contributed by atoms with van der Waals surface area (Å²) in [5, 5.41) is 4.54. The lowest BCUT2D eigenvalue weighted by molar-refractivity contribution is 0.244. The molecule has 0 aliphatic carbocycles. The minimum absolute atomic E-state index is 0.134. The Morgan fingerprint density at radius 1 is 0.935 bits per heavy atom. The van der Waals surface area contributed by atoms with Gasteiger partial charge >= 0.3 is 0 Å². The topological polar surface area (TPSA) is 72.3 Å². The number of aryl methyl sites for hydroxylation is 2. The zero-order valence-electron chi connectivity index (χ0n) is 17.9. The van der Waals surface area contributed by atoms with Crippen LogP contribution in [0.25, 0.3) is 11.3 Å². The molecule has 0 spiro atoms. The molecule has 1 aliphatic rings. The van der Waals surface area contributed by atoms with Crippen LogP contribution in [0.5, 0.6) is 0 Å². The minimum atomic E-state index is -3.50. The fraction of sp³-hybridized carbons (Fsp3) is 0.333. The van der Waals surface area contributed by atoms with Crippen molar-refractivity contribution in [3.05, 3.63) is 82.1 Å². The van der Waals surface area contributed by atoms with Gasteiger partial charge in [0.05, 0.1) is 10.6 Å². The van der Waals surface area contributed by atoms with Crippen LogP contribution >= 0.6 is 0 Å². The summed E-state index contributed by atoms with van der Waals surface area (Å²) >= 11 is 0. The van der Waals surface area contributed by atoms with Crippen LogP contribution < -0.4 is 5.56 Å². The quantitative estimate of drug-likeness (QED) is 0.611. The van der Waals surface area contributed by atoms with Crippen LogP contribution in [-0.2, 0) is 16.6 Å². The molecule has 0 radical (unpaired) electrons. The van der Waals surface area contributed by atoms with E-state index < -0.39 is 10.0 Å². The van der Waals surface area contributed by atoms with E-state index in [-0.39, 0.29) is 11.5 Å². The largest absolute Gasteiger partial charge is 0.268 e. The van der Waals surface area contributed by atoms with E-state index in [4.69, 9.17) is 0 Å². The van der Waals surface area contributed by atoms with E-state index in [9.17, 15) is 13.2 Å². The number of piperidine rings is 1. The summed E-state index contributed by atoms with van der Waals surface area (Å²) in [7, 11) is -3.50. The molecule has 2 aromatic carbocycles. The van der Waals surface area contributed by atoms with Gasteiger partial charge in [-0.3, -0.25) is 4.79 Å². The number of benzene rings is 2. The predicted molar refractivity (Wildman–Crippen MR) is 121 cm³/mol. The zero-order valence-corrected chi connectivity index (χ0v) is 18.7. The predicted octanol–water partition coefficient (Wildman–Crippen LogP) is 3.63. The van der Waals surface area contributed by atoms with Crippen molar-refractivity contribution in [1.29, 1.82) is 0 Å². The molecule has 1 aromatic heterocycles. The third-order valence-electron chi connectivity index (χ3n) is 6.06. The first-order valence-corrected chi connectivity index (χ1v) is 12.0. The molecular weight excluding hydrogens is 410 g/mol. The molecule has 162 valence electrons. The van der Waals surface area contributed by atoms with Gasteiger partial charge in [-0.05, 0) is 61.9 Å². The summed E-state index contributed by atoms with van der Waals surface area (Å²) in [6.07, 6.45) is 1.40. The molecule has 31 heavy (non-hydrogen) atoms. The number of hydrogen-bond donors (Lipinski definition) is 0. The summed E-state index contributed by atoms with van der Waals surface area (Å²) in [5.41, 5.74) is 3.64. The Hall–Kier alpha value is -2.77. The molecule has 1 fully saturated rings. The van der Waals surface area contributed by atoms with E-state index in [2.05, 4.69) is 5.10 Å². The van der Waals surface area contributed by atoms with Crippen LogP contribution in [0.3, 0.4) is 0 Å². The van der Waals surface area contributed by atoms with Gasteiger partial charge in [-0.15, -0.1) is 0 Å². The lowest BCUT2D eigenvalue weighted by atomic mass is 9.98. The second-order valence-electron chi connectivity index (χ2n) is 8.20. The lowest BCUT2D eigenvalue weighted by Crippen LogP contribution is -2.40. The van der Waals surface area contributed by atoms with Gasteiger partial charge in [0.2, 0.25) is 10.0 Å². The summed E-state index contributed by atoms with van der Waals surface area (Å²) in [6, 6.07) is 18.3. The number of rotatable bonds is 5. The Balaban J connectivity index is 1.45. The van der Waals surface area contributed by atoms with Crippen molar-refractivity contribution in [3.63, 3.8) is 0 Å². The maximum atomic E-state index is 13.0. The van der Waals surface area contributed by atoms with E-state index in [0.29, 0.717) is 37.4 Å². The second-order valence-corrected chi connectivity index (χ2v) is 10.1. The van der Waals surface area contributed by atoms with Gasteiger partial charge in [0.15, 0.2) is 0 Å². The Labute approximate surface area is 183 Å². The van der Waals surface area contributed by atoms with Crippen molar-refractivity contribution in [2.75, 3.05) is 13.1 Å². The number of hydrogen-bond acceptors (Lipinski definition) is 4. The van der Waals surface area contributed by atoms with Gasteiger partial charge in [0.1, 0.15) is 0 Å². The molecule has 1 saturated heterocycles. The molecule has 0 unspecified atom stereocenters. The third-order valence-corrected chi connectivity index (χ3v) is 7.95. The first-order chi connectivity index (χ1) is 14.8. The second kappa shape index (κ2) is 8.77. The van der Waals surface area contributed by atoms with Gasteiger partial charge < -0.3 is 0 Å². The average Bonchev–Trinajstić information content (AvgIpc) is 2.78. The fourth-order valence-corrected chi connectivity index (χ4v) is 5.50. The van der Waals surface area contributed by atoms with Crippen LogP contribution in [0, 0.1) is 19.8 Å². The van der Waals surface area contributed by atoms with E-state index in [1.165, 1.54) is 4.68 Å². The molecule has 1 aliphatic heterocycles. The summed E-state index contributed by atoms with van der Waals surface area (Å²) in [4.78, 5) is 12.7. The SMILES string of the molecule is Cc1ccc(S(=O)(=O)N2CCC(Cn3nc(-c4ccccc4)ccc3=O)CC2)cc1C. The molecule has 0 atom stereocenters. The maximum absolute atomic E-state index is 13.0. The van der Waals surface area contributed by atoms with Crippen molar-refractivity contribution in [3.8, 4) is 11.3 Å². The Morgan fingerprint density at radius 3 is 2.32 bits per heavy atom. The van der Waals surface area contributed by atoms with Crippen molar-refractivity contribution in [2.45, 2.75) is 38.1 Å². The van der Waals surface area contributed by atoms with Gasteiger partial charge in [-0.1, -0.05) is 36.4 Å². The Bertz CT molecular complexity index is 1230. The van der Waals surface area contributed by atoms with Crippen LogP contribution in [0.15, 0.2) is 70.4 Å². The maximum Gasteiger partial charge on any atom is 0.266 e. The highest BCUT2D eigenvalue weighted by molar-refractivity contribution is 7.89. The van der Waals surface area contributed by atoms with Gasteiger partial charge in [-0.25, -0.2) is 13.1 Å². The summed E-state index contributed by atoms with van der Waals surface area (Å²) < 4.78 is 29.1. The molecule has 2 heterocycles. The summed E-state index contributed by atoms with van der Waals surface area (Å²) in [6.45, 7) is 5.30. The van der Waals surface area contributed by atoms with E-state index >= 15 is 0 Å². The fourth-order valence-electron chi connectivity index (χ4n) is 3.94. The molecule has 0 saturated carbocycles. The normalized spacial score (nSPS) is 15.8. The Kier molecular flexibility index (Phi) is 6.07. The number of sulfonamides is 1. The standard InChI is InChI=1S/C24H27N3O3S/c1-18-8-9-22(16-19(18)2)31(29,30)26-14-12-20(13-15-26)17-27-24(28)11-10-23(25-27)21-6-4-3-5-7-21/h3-11,16,20H,12-15,17H2,1-2H3. The monoisotopic (exact) mass is 437 g/mol. The molecule has 6 nitrogen and oxygen atoms in total. The zero-order chi connectivity index (χ0) is 22.0. The smallest absolute Gasteiger partial charge is 0.266 e. The molecule has 3 aromatic rings. The highest BCUT2D eigenvalue weighted by Crippen LogP contribution is 2.26. The van der Waals surface area contributed by atoms with Gasteiger partial charge in [0, 0.05) is 31.3 Å².